The van der Waals surface area contributed by atoms with E-state index in [1.807, 2.05) is 20.8 Å². The number of allylic oxidation sites excluding steroid dienone is 7. The van der Waals surface area contributed by atoms with E-state index >= 15 is 0 Å². The van der Waals surface area contributed by atoms with Gasteiger partial charge in [-0.05, 0) is 32.4 Å². The quantitative estimate of drug-likeness (QED) is 0.494. The molecule has 1 nitrogen and oxygen atoms in total. The first-order valence-electron chi connectivity index (χ1n) is 5.76. The molecule has 1 N–H and O–H groups in total. The molecule has 17 heavy (non-hydrogen) atoms. The first kappa shape index (κ1) is 15.4. The molecule has 0 heterocycles. The second-order valence-electron chi connectivity index (χ2n) is 4.02. The van der Waals surface area contributed by atoms with Gasteiger partial charge in [0.2, 0.25) is 0 Å². The molecule has 0 unspecified atom stereocenters. The topological polar surface area (TPSA) is 12.0 Å². The summed E-state index contributed by atoms with van der Waals surface area (Å²) < 4.78 is 13.2. The molecular formula is C15H22FN. The highest BCUT2D eigenvalue weighted by molar-refractivity contribution is 5.23. The van der Waals surface area contributed by atoms with E-state index in [-0.39, 0.29) is 5.83 Å². The van der Waals surface area contributed by atoms with E-state index < -0.39 is 0 Å². The van der Waals surface area contributed by atoms with E-state index in [9.17, 15) is 4.39 Å². The Labute approximate surface area is 104 Å². The first-order chi connectivity index (χ1) is 7.99. The molecule has 0 atom stereocenters. The average Bonchev–Trinajstić information content (AvgIpc) is 2.25. The minimum atomic E-state index is -0.306. The largest absolute Gasteiger partial charge is 0.362 e. The minimum absolute atomic E-state index is 0.306. The van der Waals surface area contributed by atoms with Gasteiger partial charge in [-0.2, -0.15) is 0 Å². The third-order valence-electron chi connectivity index (χ3n) is 2.06. The molecule has 0 amide bonds. The number of hydrogen-bond donors (Lipinski definition) is 1. The Balaban J connectivity index is 4.50. The molecule has 0 saturated carbocycles. The van der Waals surface area contributed by atoms with Crippen molar-refractivity contribution < 1.29 is 4.39 Å². The van der Waals surface area contributed by atoms with Crippen molar-refractivity contribution in [3.63, 3.8) is 0 Å². The SMILES string of the molecule is C=C/C=C(F)\C=C(/CC)NC(=C)CC=C(C)C. The Kier molecular flexibility index (Phi) is 7.78. The van der Waals surface area contributed by atoms with Crippen molar-refractivity contribution in [1.29, 1.82) is 0 Å². The van der Waals surface area contributed by atoms with E-state index in [0.717, 1.165) is 24.2 Å². The lowest BCUT2D eigenvalue weighted by atomic mass is 10.2. The van der Waals surface area contributed by atoms with Crippen LogP contribution in [0.5, 0.6) is 0 Å². The number of nitrogens with one attached hydrogen (secondary N) is 1. The summed E-state index contributed by atoms with van der Waals surface area (Å²) in [6.45, 7) is 13.4. The minimum Gasteiger partial charge on any atom is -0.362 e. The van der Waals surface area contributed by atoms with Crippen LogP contribution >= 0.6 is 0 Å². The summed E-state index contributed by atoms with van der Waals surface area (Å²) in [7, 11) is 0. The second kappa shape index (κ2) is 8.57. The predicted molar refractivity (Wildman–Crippen MR) is 74.1 cm³/mol. The molecule has 0 saturated heterocycles. The smallest absolute Gasteiger partial charge is 0.124 e. The highest BCUT2D eigenvalue weighted by Gasteiger charge is 1.98. The molecule has 0 aliphatic heterocycles. The Hall–Kier alpha value is -1.57. The normalized spacial score (nSPS) is 12.0. The number of halogens is 1. The summed E-state index contributed by atoms with van der Waals surface area (Å²) in [5, 5.41) is 3.12. The molecule has 2 heteroatoms. The van der Waals surface area contributed by atoms with Gasteiger partial charge in [-0.25, -0.2) is 4.39 Å². The molecule has 0 aliphatic carbocycles. The Morgan fingerprint density at radius 1 is 1.35 bits per heavy atom. The fourth-order valence-electron chi connectivity index (χ4n) is 1.16. The lowest BCUT2D eigenvalue weighted by molar-refractivity contribution is 0.661. The summed E-state index contributed by atoms with van der Waals surface area (Å²) in [6.07, 6.45) is 7.79. The monoisotopic (exact) mass is 235 g/mol. The van der Waals surface area contributed by atoms with Crippen LogP contribution in [0.3, 0.4) is 0 Å². The van der Waals surface area contributed by atoms with Crippen molar-refractivity contribution in [2.45, 2.75) is 33.6 Å². The van der Waals surface area contributed by atoms with Gasteiger partial charge in [0.1, 0.15) is 5.83 Å². The van der Waals surface area contributed by atoms with Gasteiger partial charge in [-0.15, -0.1) is 0 Å². The van der Waals surface area contributed by atoms with Gasteiger partial charge in [-0.1, -0.05) is 37.8 Å². The maximum atomic E-state index is 13.2. The van der Waals surface area contributed by atoms with E-state index in [0.29, 0.717) is 0 Å². The van der Waals surface area contributed by atoms with Gasteiger partial charge >= 0.3 is 0 Å². The molecule has 0 radical (unpaired) electrons. The fourth-order valence-corrected chi connectivity index (χ4v) is 1.16. The maximum absolute atomic E-state index is 13.2. The summed E-state index contributed by atoms with van der Waals surface area (Å²) in [5.74, 6) is -0.306. The summed E-state index contributed by atoms with van der Waals surface area (Å²) in [6, 6.07) is 0. The average molecular weight is 235 g/mol. The Morgan fingerprint density at radius 3 is 2.47 bits per heavy atom. The number of rotatable bonds is 7. The summed E-state index contributed by atoms with van der Waals surface area (Å²) in [4.78, 5) is 0. The first-order valence-corrected chi connectivity index (χ1v) is 5.76. The lowest BCUT2D eigenvalue weighted by Gasteiger charge is -2.10. The van der Waals surface area contributed by atoms with Crippen molar-refractivity contribution in [2.75, 3.05) is 0 Å². The highest BCUT2D eigenvalue weighted by atomic mass is 19.1. The Bertz CT molecular complexity index is 355. The molecule has 0 aromatic rings. The van der Waals surface area contributed by atoms with Crippen molar-refractivity contribution in [2.24, 2.45) is 0 Å². The lowest BCUT2D eigenvalue weighted by Crippen LogP contribution is -2.11. The molecule has 0 aliphatic rings. The zero-order chi connectivity index (χ0) is 13.3. The van der Waals surface area contributed by atoms with Crippen molar-refractivity contribution in [1.82, 2.24) is 5.32 Å². The number of hydrogen-bond acceptors (Lipinski definition) is 1. The van der Waals surface area contributed by atoms with Crippen LogP contribution < -0.4 is 5.32 Å². The molecule has 94 valence electrons. The summed E-state index contributed by atoms with van der Waals surface area (Å²) >= 11 is 0. The van der Waals surface area contributed by atoms with Crippen LogP contribution in [0.1, 0.15) is 33.6 Å². The third-order valence-corrected chi connectivity index (χ3v) is 2.06. The summed E-state index contributed by atoms with van der Waals surface area (Å²) in [5.41, 5.74) is 2.92. The second-order valence-corrected chi connectivity index (χ2v) is 4.02. The van der Waals surface area contributed by atoms with E-state index in [1.54, 1.807) is 0 Å². The maximum Gasteiger partial charge on any atom is 0.124 e. The molecule has 0 bridgehead atoms. The van der Waals surface area contributed by atoms with Crippen LogP contribution in [0.25, 0.3) is 0 Å². The van der Waals surface area contributed by atoms with Crippen molar-refractivity contribution >= 4 is 0 Å². The molecule has 0 aromatic carbocycles. The predicted octanol–water partition coefficient (Wildman–Crippen LogP) is 4.78. The van der Waals surface area contributed by atoms with E-state index in [4.69, 9.17) is 0 Å². The van der Waals surface area contributed by atoms with E-state index in [2.05, 4.69) is 24.6 Å². The van der Waals surface area contributed by atoms with E-state index in [1.165, 1.54) is 23.8 Å². The third kappa shape index (κ3) is 8.26. The molecule has 0 fully saturated rings. The van der Waals surface area contributed by atoms with Gasteiger partial charge in [0, 0.05) is 17.8 Å². The van der Waals surface area contributed by atoms with Gasteiger partial charge in [0.05, 0.1) is 0 Å². The molecule has 0 aromatic heterocycles. The van der Waals surface area contributed by atoms with Crippen molar-refractivity contribution in [3.05, 3.63) is 60.3 Å². The van der Waals surface area contributed by atoms with Crippen LogP contribution in [-0.4, -0.2) is 0 Å². The zero-order valence-electron chi connectivity index (χ0n) is 11.0. The van der Waals surface area contributed by atoms with Crippen molar-refractivity contribution in [3.8, 4) is 0 Å². The van der Waals surface area contributed by atoms with Gasteiger partial charge < -0.3 is 5.32 Å². The van der Waals surface area contributed by atoms with Crippen LogP contribution in [0.2, 0.25) is 0 Å². The van der Waals surface area contributed by atoms with Crippen LogP contribution in [0.15, 0.2) is 60.3 Å². The molecule has 0 rings (SSSR count). The van der Waals surface area contributed by atoms with Crippen LogP contribution in [-0.2, 0) is 0 Å². The molecular weight excluding hydrogens is 213 g/mol. The molecule has 0 spiro atoms. The highest BCUT2D eigenvalue weighted by Crippen LogP contribution is 2.09. The van der Waals surface area contributed by atoms with Gasteiger partial charge in [-0.3, -0.25) is 0 Å². The Morgan fingerprint density at radius 2 is 2.00 bits per heavy atom. The standard InChI is InChI=1S/C15H22FN/c1-6-8-14(16)11-15(7-2)17-13(5)10-9-12(3)4/h6,8-9,11,17H,1,5,7,10H2,2-4H3/b14-8+,15-11+. The van der Waals surface area contributed by atoms with Gasteiger partial charge in [0.15, 0.2) is 0 Å². The fraction of sp³-hybridized carbons (Fsp3) is 0.333. The van der Waals surface area contributed by atoms with Crippen LogP contribution in [0.4, 0.5) is 4.39 Å². The zero-order valence-corrected chi connectivity index (χ0v) is 11.0. The van der Waals surface area contributed by atoms with Crippen LogP contribution in [0, 0.1) is 0 Å². The van der Waals surface area contributed by atoms with Gasteiger partial charge in [0.25, 0.3) is 0 Å².